The molecule has 0 heterocycles. The van der Waals surface area contributed by atoms with Crippen LogP contribution < -0.4 is 0 Å². The molecule has 3 aromatic rings. The predicted octanol–water partition coefficient (Wildman–Crippen LogP) is 6.26. The van der Waals surface area contributed by atoms with Gasteiger partial charge in [-0.05, 0) is 45.2 Å². The average molecular weight is 335 g/mol. The highest BCUT2D eigenvalue weighted by molar-refractivity contribution is 9.10. The second-order valence-electron chi connectivity index (χ2n) is 5.62. The van der Waals surface area contributed by atoms with Crippen molar-refractivity contribution in [2.24, 2.45) is 0 Å². The monoisotopic (exact) mass is 334 g/mol. The summed E-state index contributed by atoms with van der Waals surface area (Å²) in [4.78, 5) is 0. The lowest BCUT2D eigenvalue weighted by atomic mass is 9.90. The molecule has 0 N–H and O–H groups in total. The molecule has 1 unspecified atom stereocenters. The summed E-state index contributed by atoms with van der Waals surface area (Å²) in [7, 11) is 0. The Morgan fingerprint density at radius 1 is 0.905 bits per heavy atom. The van der Waals surface area contributed by atoms with Gasteiger partial charge < -0.3 is 0 Å². The molecule has 0 saturated heterocycles. The summed E-state index contributed by atoms with van der Waals surface area (Å²) in [5, 5.41) is 2.64. The first-order valence-electron chi connectivity index (χ1n) is 7.23. The van der Waals surface area contributed by atoms with E-state index in [1.54, 1.807) is 0 Å². The third kappa shape index (κ3) is 2.04. The topological polar surface area (TPSA) is 0 Å². The second-order valence-corrected chi connectivity index (χ2v) is 6.54. The Morgan fingerprint density at radius 3 is 2.62 bits per heavy atom. The Bertz CT molecular complexity index is 869. The molecule has 1 atom stereocenters. The molecule has 1 aliphatic carbocycles. The van der Waals surface area contributed by atoms with E-state index in [1.807, 2.05) is 0 Å². The fraction of sp³-hybridized carbons (Fsp3) is 0.100. The number of rotatable bonds is 1. The van der Waals surface area contributed by atoms with Crippen LogP contribution in [0.1, 0.15) is 29.5 Å². The molecule has 0 aromatic heterocycles. The zero-order chi connectivity index (χ0) is 14.4. The summed E-state index contributed by atoms with van der Waals surface area (Å²) in [5.41, 5.74) is 5.52. The quantitative estimate of drug-likeness (QED) is 0.492. The number of allylic oxidation sites excluding steroid dienone is 1. The van der Waals surface area contributed by atoms with E-state index >= 15 is 0 Å². The Kier molecular flexibility index (Phi) is 2.97. The molecule has 0 nitrogen and oxygen atoms in total. The highest BCUT2D eigenvalue weighted by Gasteiger charge is 2.23. The highest BCUT2D eigenvalue weighted by atomic mass is 79.9. The Labute approximate surface area is 133 Å². The molecule has 102 valence electrons. The standard InChI is InChI=1S/C20H15Br/c1-13-17-10-9-16(21)11-15(17)12-20(13)19-8-4-6-14-5-2-3-7-18(14)19/h2-13H,1H3. The maximum absolute atomic E-state index is 3.57. The summed E-state index contributed by atoms with van der Waals surface area (Å²) in [5.74, 6) is 0.443. The molecule has 4 rings (SSSR count). The first kappa shape index (κ1) is 12.8. The van der Waals surface area contributed by atoms with E-state index in [9.17, 15) is 0 Å². The number of fused-ring (bicyclic) bond motifs is 2. The normalized spacial score (nSPS) is 16.9. The van der Waals surface area contributed by atoms with Gasteiger partial charge in [0.1, 0.15) is 0 Å². The molecular formula is C20H15Br. The van der Waals surface area contributed by atoms with Gasteiger partial charge in [0.05, 0.1) is 0 Å². The van der Waals surface area contributed by atoms with Crippen molar-refractivity contribution in [1.29, 1.82) is 0 Å². The van der Waals surface area contributed by atoms with Crippen molar-refractivity contribution in [3.05, 3.63) is 81.8 Å². The molecule has 0 spiro atoms. The number of halogens is 1. The predicted molar refractivity (Wildman–Crippen MR) is 94.4 cm³/mol. The zero-order valence-electron chi connectivity index (χ0n) is 11.8. The molecule has 1 aliphatic rings. The fourth-order valence-electron chi connectivity index (χ4n) is 3.31. The van der Waals surface area contributed by atoms with Gasteiger partial charge in [0.2, 0.25) is 0 Å². The fourth-order valence-corrected chi connectivity index (χ4v) is 3.69. The summed E-state index contributed by atoms with van der Waals surface area (Å²) >= 11 is 3.57. The van der Waals surface area contributed by atoms with Gasteiger partial charge in [-0.1, -0.05) is 77.5 Å². The summed E-state index contributed by atoms with van der Waals surface area (Å²) in [6.45, 7) is 2.30. The van der Waals surface area contributed by atoms with Crippen LogP contribution in [0.25, 0.3) is 22.4 Å². The van der Waals surface area contributed by atoms with Crippen molar-refractivity contribution < 1.29 is 0 Å². The van der Waals surface area contributed by atoms with E-state index < -0.39 is 0 Å². The molecule has 1 heteroatoms. The molecule has 21 heavy (non-hydrogen) atoms. The van der Waals surface area contributed by atoms with Gasteiger partial charge in [-0.2, -0.15) is 0 Å². The SMILES string of the molecule is CC1C(c2cccc3ccccc23)=Cc2cc(Br)ccc21. The molecule has 0 saturated carbocycles. The minimum Gasteiger partial charge on any atom is -0.0616 e. The summed E-state index contributed by atoms with van der Waals surface area (Å²) in [6.07, 6.45) is 2.34. The third-order valence-electron chi connectivity index (χ3n) is 4.39. The smallest absolute Gasteiger partial charge is 0.0181 e. The van der Waals surface area contributed by atoms with Crippen LogP contribution in [0, 0.1) is 0 Å². The lowest BCUT2D eigenvalue weighted by Crippen LogP contribution is -1.94. The molecule has 0 aliphatic heterocycles. The molecule has 3 aromatic carbocycles. The van der Waals surface area contributed by atoms with E-state index in [0.29, 0.717) is 5.92 Å². The molecule has 0 fully saturated rings. The van der Waals surface area contributed by atoms with Crippen LogP contribution in [0.15, 0.2) is 65.1 Å². The lowest BCUT2D eigenvalue weighted by molar-refractivity contribution is 1.01. The van der Waals surface area contributed by atoms with Crippen LogP contribution in [0.4, 0.5) is 0 Å². The van der Waals surface area contributed by atoms with Crippen LogP contribution in [-0.2, 0) is 0 Å². The molecule has 0 radical (unpaired) electrons. The van der Waals surface area contributed by atoms with Crippen LogP contribution in [0.5, 0.6) is 0 Å². The van der Waals surface area contributed by atoms with Gasteiger partial charge in [-0.15, -0.1) is 0 Å². The molecular weight excluding hydrogens is 320 g/mol. The van der Waals surface area contributed by atoms with Gasteiger partial charge in [0, 0.05) is 10.4 Å². The summed E-state index contributed by atoms with van der Waals surface area (Å²) in [6, 6.07) is 21.8. The van der Waals surface area contributed by atoms with E-state index in [2.05, 4.69) is 89.6 Å². The summed E-state index contributed by atoms with van der Waals surface area (Å²) < 4.78 is 1.14. The van der Waals surface area contributed by atoms with Crippen molar-refractivity contribution in [3.8, 4) is 0 Å². The average Bonchev–Trinajstić information content (AvgIpc) is 2.83. The highest BCUT2D eigenvalue weighted by Crippen LogP contribution is 2.44. The van der Waals surface area contributed by atoms with Gasteiger partial charge in [-0.3, -0.25) is 0 Å². The third-order valence-corrected chi connectivity index (χ3v) is 4.89. The first-order valence-corrected chi connectivity index (χ1v) is 8.02. The Morgan fingerprint density at radius 2 is 1.71 bits per heavy atom. The van der Waals surface area contributed by atoms with Crippen LogP contribution in [0.2, 0.25) is 0 Å². The minimum absolute atomic E-state index is 0.443. The molecule has 0 bridgehead atoms. The van der Waals surface area contributed by atoms with E-state index in [-0.39, 0.29) is 0 Å². The Hall–Kier alpha value is -1.86. The number of benzene rings is 3. The van der Waals surface area contributed by atoms with Crippen molar-refractivity contribution in [2.75, 3.05) is 0 Å². The number of hydrogen-bond acceptors (Lipinski definition) is 0. The zero-order valence-corrected chi connectivity index (χ0v) is 13.4. The van der Waals surface area contributed by atoms with Crippen molar-refractivity contribution in [2.45, 2.75) is 12.8 Å². The molecule has 0 amide bonds. The lowest BCUT2D eigenvalue weighted by Gasteiger charge is -2.14. The second kappa shape index (κ2) is 4.85. The largest absolute Gasteiger partial charge is 0.0616 e. The van der Waals surface area contributed by atoms with Crippen molar-refractivity contribution in [1.82, 2.24) is 0 Å². The van der Waals surface area contributed by atoms with Gasteiger partial charge >= 0.3 is 0 Å². The van der Waals surface area contributed by atoms with Gasteiger partial charge in [0.25, 0.3) is 0 Å². The van der Waals surface area contributed by atoms with Crippen LogP contribution in [0.3, 0.4) is 0 Å². The van der Waals surface area contributed by atoms with E-state index in [1.165, 1.54) is 33.0 Å². The first-order chi connectivity index (χ1) is 10.2. The van der Waals surface area contributed by atoms with Gasteiger partial charge in [0.15, 0.2) is 0 Å². The van der Waals surface area contributed by atoms with Crippen molar-refractivity contribution >= 4 is 38.4 Å². The maximum atomic E-state index is 3.57. The number of hydrogen-bond donors (Lipinski definition) is 0. The van der Waals surface area contributed by atoms with Crippen LogP contribution >= 0.6 is 15.9 Å². The van der Waals surface area contributed by atoms with Crippen molar-refractivity contribution in [3.63, 3.8) is 0 Å². The van der Waals surface area contributed by atoms with E-state index in [0.717, 1.165) is 4.47 Å². The Balaban J connectivity index is 1.93. The maximum Gasteiger partial charge on any atom is 0.0181 e. The minimum atomic E-state index is 0.443. The van der Waals surface area contributed by atoms with Crippen LogP contribution in [-0.4, -0.2) is 0 Å². The van der Waals surface area contributed by atoms with E-state index in [4.69, 9.17) is 0 Å². The van der Waals surface area contributed by atoms with Gasteiger partial charge in [-0.25, -0.2) is 0 Å².